The number of ether oxygens (including phenoxy) is 2. The Hall–Kier alpha value is -1.06. The number of nitrogens with zero attached hydrogens (tertiary/aromatic N) is 3. The van der Waals surface area contributed by atoms with Crippen LogP contribution in [-0.4, -0.2) is 81.4 Å². The molecule has 1 N–H and O–H groups in total. The number of likely N-dealkylation sites (tertiary alicyclic amines) is 1. The monoisotopic (exact) mass is 488 g/mol. The first-order valence-corrected chi connectivity index (χ1v) is 9.73. The molecular weight excluding hydrogens is 455 g/mol. The molecule has 1 atom stereocenters. The molecule has 1 aromatic rings. The summed E-state index contributed by atoms with van der Waals surface area (Å²) in [4.78, 5) is 9.40. The van der Waals surface area contributed by atoms with Gasteiger partial charge in [0, 0.05) is 45.8 Å². The van der Waals surface area contributed by atoms with Crippen LogP contribution in [0.5, 0.6) is 5.75 Å². The molecule has 0 aromatic heterocycles. The zero-order valence-electron chi connectivity index (χ0n) is 16.5. The van der Waals surface area contributed by atoms with E-state index in [0.717, 1.165) is 64.1 Å². The lowest BCUT2D eigenvalue weighted by atomic mass is 10.2. The second-order valence-electron chi connectivity index (χ2n) is 7.03. The largest absolute Gasteiger partial charge is 0.494 e. The predicted molar refractivity (Wildman–Crippen MR) is 120 cm³/mol. The van der Waals surface area contributed by atoms with E-state index in [-0.39, 0.29) is 24.0 Å². The third-order valence-electron chi connectivity index (χ3n) is 5.13. The van der Waals surface area contributed by atoms with E-state index in [2.05, 4.69) is 39.2 Å². The molecule has 1 aromatic carbocycles. The van der Waals surface area contributed by atoms with E-state index in [0.29, 0.717) is 12.6 Å². The van der Waals surface area contributed by atoms with Gasteiger partial charge in [0.1, 0.15) is 5.75 Å². The van der Waals surface area contributed by atoms with Crippen LogP contribution in [0.25, 0.3) is 0 Å². The number of halogens is 1. The van der Waals surface area contributed by atoms with Gasteiger partial charge in [-0.05, 0) is 31.9 Å². The standard InChI is InChI=1S/C20H32N4O2.HI/c1-17-4-6-19(7-5-17)26-13-3-9-22-20(21-2)24-10-8-18(16-24)23-11-14-25-15-12-23;/h4-7,18H,3,8-16H2,1-2H3,(H,21,22);1H. The molecule has 0 amide bonds. The Bertz CT molecular complexity index is 576. The highest BCUT2D eigenvalue weighted by molar-refractivity contribution is 14.0. The second-order valence-corrected chi connectivity index (χ2v) is 7.03. The van der Waals surface area contributed by atoms with Crippen molar-refractivity contribution in [2.24, 2.45) is 4.99 Å². The molecular formula is C20H33IN4O2. The van der Waals surface area contributed by atoms with Gasteiger partial charge in [-0.3, -0.25) is 9.89 Å². The Kier molecular flexibility index (Phi) is 9.64. The minimum absolute atomic E-state index is 0. The van der Waals surface area contributed by atoms with Crippen molar-refractivity contribution in [3.8, 4) is 5.75 Å². The first-order chi connectivity index (χ1) is 12.8. The van der Waals surface area contributed by atoms with Crippen molar-refractivity contribution in [2.45, 2.75) is 25.8 Å². The Labute approximate surface area is 180 Å². The predicted octanol–water partition coefficient (Wildman–Crippen LogP) is 2.36. The fraction of sp³-hybridized carbons (Fsp3) is 0.650. The maximum atomic E-state index is 5.79. The van der Waals surface area contributed by atoms with Crippen LogP contribution < -0.4 is 10.1 Å². The van der Waals surface area contributed by atoms with Crippen molar-refractivity contribution >= 4 is 29.9 Å². The minimum Gasteiger partial charge on any atom is -0.494 e. The lowest BCUT2D eigenvalue weighted by Crippen LogP contribution is -2.46. The van der Waals surface area contributed by atoms with Crippen molar-refractivity contribution < 1.29 is 9.47 Å². The van der Waals surface area contributed by atoms with Crippen LogP contribution in [0.3, 0.4) is 0 Å². The molecule has 0 saturated carbocycles. The Morgan fingerprint density at radius 3 is 2.67 bits per heavy atom. The number of aliphatic imine (C=N–C) groups is 1. The Morgan fingerprint density at radius 2 is 1.96 bits per heavy atom. The van der Waals surface area contributed by atoms with E-state index in [1.165, 1.54) is 12.0 Å². The van der Waals surface area contributed by atoms with Gasteiger partial charge >= 0.3 is 0 Å². The van der Waals surface area contributed by atoms with Gasteiger partial charge < -0.3 is 19.7 Å². The molecule has 0 radical (unpaired) electrons. The average molecular weight is 488 g/mol. The van der Waals surface area contributed by atoms with Gasteiger partial charge in [-0.2, -0.15) is 0 Å². The number of morpholine rings is 1. The van der Waals surface area contributed by atoms with E-state index in [1.54, 1.807) is 0 Å². The SMILES string of the molecule is CN=C(NCCCOc1ccc(C)cc1)N1CCC(N2CCOCC2)C1.I. The van der Waals surface area contributed by atoms with Crippen LogP contribution >= 0.6 is 24.0 Å². The number of guanidine groups is 1. The molecule has 27 heavy (non-hydrogen) atoms. The van der Waals surface area contributed by atoms with Crippen molar-refractivity contribution in [3.05, 3.63) is 29.8 Å². The fourth-order valence-electron chi connectivity index (χ4n) is 3.60. The highest BCUT2D eigenvalue weighted by atomic mass is 127. The number of hydrogen-bond acceptors (Lipinski definition) is 4. The van der Waals surface area contributed by atoms with Crippen LogP contribution in [0.4, 0.5) is 0 Å². The second kappa shape index (κ2) is 11.7. The molecule has 7 heteroatoms. The highest BCUT2D eigenvalue weighted by Gasteiger charge is 2.30. The van der Waals surface area contributed by atoms with E-state index in [4.69, 9.17) is 9.47 Å². The van der Waals surface area contributed by atoms with Crippen LogP contribution in [0, 0.1) is 6.92 Å². The normalized spacial score (nSPS) is 21.0. The van der Waals surface area contributed by atoms with E-state index in [9.17, 15) is 0 Å². The van der Waals surface area contributed by atoms with Gasteiger partial charge in [0.2, 0.25) is 0 Å². The summed E-state index contributed by atoms with van der Waals surface area (Å²) in [5, 5.41) is 3.48. The summed E-state index contributed by atoms with van der Waals surface area (Å²) in [6.45, 7) is 9.64. The van der Waals surface area contributed by atoms with Crippen LogP contribution in [-0.2, 0) is 4.74 Å². The maximum Gasteiger partial charge on any atom is 0.193 e. The summed E-state index contributed by atoms with van der Waals surface area (Å²) in [6.07, 6.45) is 2.16. The van der Waals surface area contributed by atoms with Crippen molar-refractivity contribution in [1.82, 2.24) is 15.1 Å². The van der Waals surface area contributed by atoms with Crippen molar-refractivity contribution in [1.29, 1.82) is 0 Å². The number of nitrogens with one attached hydrogen (secondary N) is 1. The first kappa shape index (κ1) is 22.2. The van der Waals surface area contributed by atoms with E-state index >= 15 is 0 Å². The first-order valence-electron chi connectivity index (χ1n) is 9.73. The molecule has 2 saturated heterocycles. The van der Waals surface area contributed by atoms with E-state index in [1.807, 2.05) is 19.2 Å². The summed E-state index contributed by atoms with van der Waals surface area (Å²) >= 11 is 0. The zero-order chi connectivity index (χ0) is 18.2. The third kappa shape index (κ3) is 6.80. The summed E-state index contributed by atoms with van der Waals surface area (Å²) in [7, 11) is 1.87. The number of hydrogen-bond donors (Lipinski definition) is 1. The maximum absolute atomic E-state index is 5.79. The number of aryl methyl sites for hydroxylation is 1. The molecule has 3 rings (SSSR count). The fourth-order valence-corrected chi connectivity index (χ4v) is 3.60. The van der Waals surface area contributed by atoms with Gasteiger partial charge in [-0.25, -0.2) is 0 Å². The molecule has 1 unspecified atom stereocenters. The van der Waals surface area contributed by atoms with Crippen molar-refractivity contribution in [2.75, 3.05) is 59.6 Å². The summed E-state index contributed by atoms with van der Waals surface area (Å²) in [5.74, 6) is 1.95. The molecule has 2 aliphatic rings. The summed E-state index contributed by atoms with van der Waals surface area (Å²) in [5.41, 5.74) is 1.25. The molecule has 2 heterocycles. The molecule has 6 nitrogen and oxygen atoms in total. The minimum atomic E-state index is 0. The third-order valence-corrected chi connectivity index (χ3v) is 5.13. The quantitative estimate of drug-likeness (QED) is 0.289. The lowest BCUT2D eigenvalue weighted by molar-refractivity contribution is 0.0195. The average Bonchev–Trinajstić information content (AvgIpc) is 3.17. The molecule has 2 fully saturated rings. The molecule has 0 aliphatic carbocycles. The molecule has 0 spiro atoms. The number of rotatable bonds is 6. The van der Waals surface area contributed by atoms with Gasteiger partial charge in [0.15, 0.2) is 5.96 Å². The Morgan fingerprint density at radius 1 is 1.22 bits per heavy atom. The van der Waals surface area contributed by atoms with E-state index < -0.39 is 0 Å². The van der Waals surface area contributed by atoms with Crippen LogP contribution in [0.15, 0.2) is 29.3 Å². The van der Waals surface area contributed by atoms with Gasteiger partial charge in [0.25, 0.3) is 0 Å². The highest BCUT2D eigenvalue weighted by Crippen LogP contribution is 2.17. The topological polar surface area (TPSA) is 49.3 Å². The zero-order valence-corrected chi connectivity index (χ0v) is 18.9. The Balaban J connectivity index is 0.00000261. The molecule has 0 bridgehead atoms. The lowest BCUT2D eigenvalue weighted by Gasteiger charge is -2.32. The summed E-state index contributed by atoms with van der Waals surface area (Å²) < 4.78 is 11.3. The smallest absolute Gasteiger partial charge is 0.193 e. The van der Waals surface area contributed by atoms with Gasteiger partial charge in [-0.15, -0.1) is 24.0 Å². The van der Waals surface area contributed by atoms with Crippen LogP contribution in [0.2, 0.25) is 0 Å². The molecule has 2 aliphatic heterocycles. The number of benzene rings is 1. The van der Waals surface area contributed by atoms with Gasteiger partial charge in [-0.1, -0.05) is 17.7 Å². The summed E-state index contributed by atoms with van der Waals surface area (Å²) in [6, 6.07) is 8.83. The van der Waals surface area contributed by atoms with Crippen LogP contribution in [0.1, 0.15) is 18.4 Å². The molecule has 152 valence electrons. The van der Waals surface area contributed by atoms with Gasteiger partial charge in [0.05, 0.1) is 19.8 Å². The van der Waals surface area contributed by atoms with Crippen molar-refractivity contribution in [3.63, 3.8) is 0 Å².